The maximum absolute atomic E-state index is 10.9. The molecule has 4 aromatic carbocycles. The lowest BCUT2D eigenvalue weighted by Gasteiger charge is -2.14. The van der Waals surface area contributed by atoms with Gasteiger partial charge in [0.25, 0.3) is 5.69 Å². The van der Waals surface area contributed by atoms with Crippen LogP contribution >= 0.6 is 11.3 Å². The zero-order valence-corrected chi connectivity index (χ0v) is 22.1. The molecule has 5 rings (SSSR count). The van der Waals surface area contributed by atoms with Crippen LogP contribution < -0.4 is 9.47 Å². The number of aromatic nitrogens is 1. The molecule has 0 spiro atoms. The maximum atomic E-state index is 10.9. The summed E-state index contributed by atoms with van der Waals surface area (Å²) >= 11 is 1.34. The molecular weight excluding hydrogens is 522 g/mol. The van der Waals surface area contributed by atoms with Crippen LogP contribution in [0.1, 0.15) is 21.7 Å². The minimum Gasteiger partial charge on any atom is -0.485 e. The van der Waals surface area contributed by atoms with E-state index in [0.717, 1.165) is 22.3 Å². The van der Waals surface area contributed by atoms with Crippen molar-refractivity contribution in [1.82, 2.24) is 4.98 Å². The smallest absolute Gasteiger partial charge is 0.269 e. The topological polar surface area (TPSA) is 98.3 Å². The van der Waals surface area contributed by atoms with E-state index in [9.17, 15) is 15.4 Å². The molecule has 7 nitrogen and oxygen atoms in total. The highest BCUT2D eigenvalue weighted by atomic mass is 32.1. The van der Waals surface area contributed by atoms with E-state index in [0.29, 0.717) is 41.0 Å². The van der Waals surface area contributed by atoms with Crippen molar-refractivity contribution in [2.75, 3.05) is 0 Å². The first-order valence-electron chi connectivity index (χ1n) is 12.4. The minimum absolute atomic E-state index is 0.0123. The summed E-state index contributed by atoms with van der Waals surface area (Å²) in [5.74, 6) is 1.17. The van der Waals surface area contributed by atoms with Crippen molar-refractivity contribution in [2.24, 2.45) is 0 Å². The van der Waals surface area contributed by atoms with Crippen LogP contribution in [0.25, 0.3) is 22.9 Å². The summed E-state index contributed by atoms with van der Waals surface area (Å²) in [4.78, 5) is 15.1. The fourth-order valence-corrected chi connectivity index (χ4v) is 4.70. The number of nitro groups is 1. The molecule has 0 amide bonds. The Morgan fingerprint density at radius 3 is 2.10 bits per heavy atom. The molecule has 0 saturated heterocycles. The second kappa shape index (κ2) is 12.5. The Balaban J connectivity index is 1.40. The Labute approximate surface area is 235 Å². The van der Waals surface area contributed by atoms with Gasteiger partial charge in [-0.25, -0.2) is 4.98 Å². The van der Waals surface area contributed by atoms with Gasteiger partial charge in [0.2, 0.25) is 0 Å². The fraction of sp³-hybridized carbons (Fsp3) is 0.0625. The number of non-ortho nitro benzene ring substituents is 1. The lowest BCUT2D eigenvalue weighted by Crippen LogP contribution is -2.01. The number of thiazole rings is 1. The molecule has 196 valence electrons. The van der Waals surface area contributed by atoms with Gasteiger partial charge in [-0.05, 0) is 47.0 Å². The number of nitrogens with zero attached hydrogens (tertiary/aromatic N) is 3. The first kappa shape index (κ1) is 26.4. The summed E-state index contributed by atoms with van der Waals surface area (Å²) in [6.07, 6.45) is 1.76. The lowest BCUT2D eigenvalue weighted by atomic mass is 10.1. The van der Waals surface area contributed by atoms with Gasteiger partial charge in [0.15, 0.2) is 11.5 Å². The van der Waals surface area contributed by atoms with Crippen molar-refractivity contribution in [3.05, 3.63) is 140 Å². The van der Waals surface area contributed by atoms with Gasteiger partial charge in [-0.2, -0.15) is 5.26 Å². The Morgan fingerprint density at radius 2 is 1.50 bits per heavy atom. The Hall–Kier alpha value is -5.26. The highest BCUT2D eigenvalue weighted by Crippen LogP contribution is 2.33. The monoisotopic (exact) mass is 545 g/mol. The van der Waals surface area contributed by atoms with Crippen LogP contribution in [0.2, 0.25) is 0 Å². The van der Waals surface area contributed by atoms with Crippen LogP contribution in [0.4, 0.5) is 5.69 Å². The highest BCUT2D eigenvalue weighted by Gasteiger charge is 2.13. The quantitative estimate of drug-likeness (QED) is 0.100. The number of allylic oxidation sites excluding steroid dienone is 1. The molecule has 0 radical (unpaired) electrons. The van der Waals surface area contributed by atoms with Crippen LogP contribution in [0.5, 0.6) is 11.5 Å². The summed E-state index contributed by atoms with van der Waals surface area (Å²) in [6.45, 7) is 0.762. The molecule has 0 aliphatic rings. The predicted octanol–water partition coefficient (Wildman–Crippen LogP) is 7.94. The van der Waals surface area contributed by atoms with Crippen molar-refractivity contribution in [1.29, 1.82) is 5.26 Å². The molecule has 0 unspecified atom stereocenters. The summed E-state index contributed by atoms with van der Waals surface area (Å²) in [5, 5.41) is 23.2. The van der Waals surface area contributed by atoms with Crippen LogP contribution in [-0.4, -0.2) is 9.91 Å². The molecule has 5 aromatic rings. The first-order chi connectivity index (χ1) is 19.6. The van der Waals surface area contributed by atoms with Crippen LogP contribution in [0.3, 0.4) is 0 Å². The number of nitro benzene ring substituents is 1. The fourth-order valence-electron chi connectivity index (χ4n) is 3.91. The van der Waals surface area contributed by atoms with Gasteiger partial charge in [0.05, 0.1) is 16.2 Å². The summed E-state index contributed by atoms with van der Waals surface area (Å²) < 4.78 is 12.3. The van der Waals surface area contributed by atoms with Crippen LogP contribution in [-0.2, 0) is 13.2 Å². The molecule has 40 heavy (non-hydrogen) atoms. The molecule has 0 N–H and O–H groups in total. The number of rotatable bonds is 10. The molecule has 0 fully saturated rings. The van der Waals surface area contributed by atoms with E-state index in [1.807, 2.05) is 84.2 Å². The third kappa shape index (κ3) is 6.59. The molecule has 0 atom stereocenters. The SMILES string of the molecule is N#C/C(=C/c1ccc(OCc2ccccc2)c(OCc2ccccc2)c1)c1nc(-c2ccc([N+](=O)[O-])cc2)cs1. The van der Waals surface area contributed by atoms with E-state index in [1.54, 1.807) is 18.2 Å². The summed E-state index contributed by atoms with van der Waals surface area (Å²) in [5.41, 5.74) is 4.62. The number of hydrogen-bond acceptors (Lipinski definition) is 7. The van der Waals surface area contributed by atoms with Crippen molar-refractivity contribution in [2.45, 2.75) is 13.2 Å². The average molecular weight is 546 g/mol. The lowest BCUT2D eigenvalue weighted by molar-refractivity contribution is -0.384. The largest absolute Gasteiger partial charge is 0.485 e. The van der Waals surface area contributed by atoms with Gasteiger partial charge < -0.3 is 9.47 Å². The van der Waals surface area contributed by atoms with Gasteiger partial charge in [-0.3, -0.25) is 10.1 Å². The van der Waals surface area contributed by atoms with Crippen molar-refractivity contribution in [3.8, 4) is 28.8 Å². The molecule has 1 heterocycles. The zero-order chi connectivity index (χ0) is 27.7. The molecule has 8 heteroatoms. The molecule has 1 aromatic heterocycles. The molecule has 0 saturated carbocycles. The van der Waals surface area contributed by atoms with E-state index in [-0.39, 0.29) is 5.69 Å². The van der Waals surface area contributed by atoms with Crippen molar-refractivity contribution >= 4 is 28.7 Å². The highest BCUT2D eigenvalue weighted by molar-refractivity contribution is 7.11. The molecular formula is C32H23N3O4S. The maximum Gasteiger partial charge on any atom is 0.269 e. The normalized spacial score (nSPS) is 11.0. The Kier molecular flexibility index (Phi) is 8.25. The second-order valence-corrected chi connectivity index (χ2v) is 9.62. The van der Waals surface area contributed by atoms with Gasteiger partial charge >= 0.3 is 0 Å². The summed E-state index contributed by atoms with van der Waals surface area (Å²) in [7, 11) is 0. The van der Waals surface area contributed by atoms with Gasteiger partial charge in [-0.15, -0.1) is 11.3 Å². The van der Waals surface area contributed by atoms with E-state index in [2.05, 4.69) is 11.1 Å². The van der Waals surface area contributed by atoms with Gasteiger partial charge in [0, 0.05) is 23.1 Å². The van der Waals surface area contributed by atoms with E-state index in [4.69, 9.17) is 9.47 Å². The summed E-state index contributed by atoms with van der Waals surface area (Å²) in [6, 6.07) is 33.7. The predicted molar refractivity (Wildman–Crippen MR) is 156 cm³/mol. The standard InChI is InChI=1S/C32H23N3O4S/c33-19-27(32-34-29(22-40-32)26-12-14-28(15-13-26)35(36)37)17-25-11-16-30(38-20-23-7-3-1-4-8-23)31(18-25)39-21-24-9-5-2-6-10-24/h1-18,22H,20-21H2/b27-17-. The van der Waals surface area contributed by atoms with E-state index < -0.39 is 4.92 Å². The zero-order valence-electron chi connectivity index (χ0n) is 21.3. The second-order valence-electron chi connectivity index (χ2n) is 8.77. The van der Waals surface area contributed by atoms with Gasteiger partial charge in [-0.1, -0.05) is 66.7 Å². The third-order valence-electron chi connectivity index (χ3n) is 5.98. The van der Waals surface area contributed by atoms with Crippen LogP contribution in [0.15, 0.2) is 109 Å². The molecule has 0 aliphatic carbocycles. The van der Waals surface area contributed by atoms with Crippen molar-refractivity contribution < 1.29 is 14.4 Å². The number of nitriles is 1. The molecule has 0 bridgehead atoms. The number of ether oxygens (including phenoxy) is 2. The van der Waals surface area contributed by atoms with E-state index >= 15 is 0 Å². The number of benzene rings is 4. The third-order valence-corrected chi connectivity index (χ3v) is 6.86. The van der Waals surface area contributed by atoms with Crippen LogP contribution in [0, 0.1) is 21.4 Å². The average Bonchev–Trinajstić information content (AvgIpc) is 3.49. The van der Waals surface area contributed by atoms with Gasteiger partial charge in [0.1, 0.15) is 24.3 Å². The Morgan fingerprint density at radius 1 is 0.875 bits per heavy atom. The minimum atomic E-state index is -0.442. The first-order valence-corrected chi connectivity index (χ1v) is 13.3. The number of hydrogen-bond donors (Lipinski definition) is 0. The van der Waals surface area contributed by atoms with E-state index in [1.165, 1.54) is 23.5 Å². The Bertz CT molecular complexity index is 1680. The molecule has 0 aliphatic heterocycles. The van der Waals surface area contributed by atoms with Crippen molar-refractivity contribution in [3.63, 3.8) is 0 Å².